The largest absolute Gasteiger partial charge is 0.440 e. The molecule has 1 aliphatic heterocycles. The maximum Gasteiger partial charge on any atom is 0.418 e. The standard InChI is InChI=1S/C26H29F3N2O2/c1-16-13-18(17(2)30-21-8-6-5-7-20(21)26(27,28)29)24-19(14-16)22(32)15-23(33-24)31-11-9-25(3,4)10-12-31/h5-8,13-15,17,30H,9-12H2,1-4H3/t17-/m1/s1. The molecule has 3 aromatic rings. The van der Waals surface area contributed by atoms with Crippen molar-refractivity contribution in [3.8, 4) is 0 Å². The van der Waals surface area contributed by atoms with Crippen molar-refractivity contribution < 1.29 is 17.6 Å². The van der Waals surface area contributed by atoms with E-state index in [1.165, 1.54) is 18.2 Å². The number of hydrogen-bond acceptors (Lipinski definition) is 4. The quantitative estimate of drug-likeness (QED) is 0.461. The number of alkyl halides is 3. The molecule has 33 heavy (non-hydrogen) atoms. The van der Waals surface area contributed by atoms with Crippen LogP contribution >= 0.6 is 0 Å². The van der Waals surface area contributed by atoms with E-state index in [1.54, 1.807) is 19.1 Å². The van der Waals surface area contributed by atoms with Gasteiger partial charge in [-0.05, 0) is 55.9 Å². The smallest absolute Gasteiger partial charge is 0.418 e. The molecule has 0 saturated carbocycles. The zero-order valence-corrected chi connectivity index (χ0v) is 19.3. The summed E-state index contributed by atoms with van der Waals surface area (Å²) < 4.78 is 46.7. The molecular weight excluding hydrogens is 429 g/mol. The highest BCUT2D eigenvalue weighted by atomic mass is 19.4. The Morgan fingerprint density at radius 2 is 1.76 bits per heavy atom. The summed E-state index contributed by atoms with van der Waals surface area (Å²) in [5.41, 5.74) is 1.27. The number of para-hydroxylation sites is 1. The molecule has 0 aliphatic carbocycles. The van der Waals surface area contributed by atoms with Crippen molar-refractivity contribution in [1.82, 2.24) is 0 Å². The van der Waals surface area contributed by atoms with Gasteiger partial charge in [-0.15, -0.1) is 0 Å². The number of fused-ring (bicyclic) bond motifs is 1. The number of nitrogens with one attached hydrogen (secondary N) is 1. The summed E-state index contributed by atoms with van der Waals surface area (Å²) in [5, 5.41) is 3.42. The van der Waals surface area contributed by atoms with Crippen LogP contribution in [0.5, 0.6) is 0 Å². The summed E-state index contributed by atoms with van der Waals surface area (Å²) in [6, 6.07) is 10.0. The Balaban J connectivity index is 1.75. The zero-order valence-electron chi connectivity index (χ0n) is 19.3. The molecule has 1 fully saturated rings. The van der Waals surface area contributed by atoms with Gasteiger partial charge in [-0.1, -0.05) is 32.0 Å². The predicted molar refractivity (Wildman–Crippen MR) is 126 cm³/mol. The number of halogens is 3. The fraction of sp³-hybridized carbons (Fsp3) is 0.423. The fourth-order valence-corrected chi connectivity index (χ4v) is 4.40. The first-order chi connectivity index (χ1) is 15.4. The van der Waals surface area contributed by atoms with Crippen LogP contribution in [0.4, 0.5) is 24.7 Å². The number of aryl methyl sites for hydroxylation is 1. The van der Waals surface area contributed by atoms with E-state index in [4.69, 9.17) is 4.42 Å². The molecule has 2 aromatic carbocycles. The van der Waals surface area contributed by atoms with E-state index in [0.717, 1.165) is 37.6 Å². The van der Waals surface area contributed by atoms with Crippen molar-refractivity contribution in [2.75, 3.05) is 23.3 Å². The molecular formula is C26H29F3N2O2. The van der Waals surface area contributed by atoms with Crippen LogP contribution in [0.15, 0.2) is 51.7 Å². The first kappa shape index (κ1) is 23.2. The van der Waals surface area contributed by atoms with Crippen LogP contribution in [0, 0.1) is 12.3 Å². The topological polar surface area (TPSA) is 45.5 Å². The van der Waals surface area contributed by atoms with Gasteiger partial charge in [0.1, 0.15) is 5.58 Å². The number of rotatable bonds is 4. The number of benzene rings is 2. The Kier molecular flexibility index (Phi) is 5.93. The molecule has 0 unspecified atom stereocenters. The van der Waals surface area contributed by atoms with Gasteiger partial charge in [0.05, 0.1) is 17.0 Å². The molecule has 1 aromatic heterocycles. The van der Waals surface area contributed by atoms with Crippen LogP contribution in [-0.4, -0.2) is 13.1 Å². The molecule has 1 saturated heterocycles. The summed E-state index contributed by atoms with van der Waals surface area (Å²) >= 11 is 0. The van der Waals surface area contributed by atoms with E-state index in [0.29, 0.717) is 22.4 Å². The Morgan fingerprint density at radius 3 is 2.42 bits per heavy atom. The third kappa shape index (κ3) is 4.87. The van der Waals surface area contributed by atoms with Crippen LogP contribution in [0.1, 0.15) is 56.3 Å². The summed E-state index contributed by atoms with van der Waals surface area (Å²) in [4.78, 5) is 15.1. The monoisotopic (exact) mass is 458 g/mol. The normalized spacial score (nSPS) is 17.2. The van der Waals surface area contributed by atoms with Crippen molar-refractivity contribution in [3.63, 3.8) is 0 Å². The van der Waals surface area contributed by atoms with Crippen molar-refractivity contribution in [2.45, 2.75) is 52.8 Å². The lowest BCUT2D eigenvalue weighted by Gasteiger charge is -2.37. The summed E-state index contributed by atoms with van der Waals surface area (Å²) in [7, 11) is 0. The fourth-order valence-electron chi connectivity index (χ4n) is 4.40. The first-order valence-electron chi connectivity index (χ1n) is 11.2. The highest BCUT2D eigenvalue weighted by Gasteiger charge is 2.33. The van der Waals surface area contributed by atoms with E-state index in [9.17, 15) is 18.0 Å². The SMILES string of the molecule is Cc1cc([C@@H](C)Nc2ccccc2C(F)(F)F)c2oc(N3CCC(C)(C)CC3)cc(=O)c2c1. The second-order valence-corrected chi connectivity index (χ2v) is 9.74. The van der Waals surface area contributed by atoms with Crippen LogP contribution in [-0.2, 0) is 6.18 Å². The first-order valence-corrected chi connectivity index (χ1v) is 11.2. The van der Waals surface area contributed by atoms with Crippen molar-refractivity contribution in [1.29, 1.82) is 0 Å². The van der Waals surface area contributed by atoms with E-state index >= 15 is 0 Å². The average Bonchev–Trinajstić information content (AvgIpc) is 2.73. The number of piperidine rings is 1. The summed E-state index contributed by atoms with van der Waals surface area (Å²) in [6.07, 6.45) is -2.50. The van der Waals surface area contributed by atoms with Gasteiger partial charge in [0.25, 0.3) is 0 Å². The Morgan fingerprint density at radius 1 is 1.09 bits per heavy atom. The molecule has 1 N–H and O–H groups in total. The second kappa shape index (κ2) is 8.43. The molecule has 0 spiro atoms. The van der Waals surface area contributed by atoms with E-state index in [-0.39, 0.29) is 16.5 Å². The molecule has 2 heterocycles. The summed E-state index contributed by atoms with van der Waals surface area (Å²) in [6.45, 7) is 9.67. The maximum absolute atomic E-state index is 13.5. The lowest BCUT2D eigenvalue weighted by molar-refractivity contribution is -0.137. The molecule has 4 rings (SSSR count). The number of anilines is 2. The van der Waals surface area contributed by atoms with Gasteiger partial charge in [0.15, 0.2) is 11.3 Å². The van der Waals surface area contributed by atoms with E-state index in [2.05, 4.69) is 24.1 Å². The molecule has 0 bridgehead atoms. The molecule has 1 aliphatic rings. The Hall–Kier alpha value is -2.96. The van der Waals surface area contributed by atoms with Crippen molar-refractivity contribution in [3.05, 3.63) is 69.4 Å². The summed E-state index contributed by atoms with van der Waals surface area (Å²) in [5.74, 6) is 0.510. The van der Waals surface area contributed by atoms with Gasteiger partial charge in [-0.3, -0.25) is 4.79 Å². The van der Waals surface area contributed by atoms with Gasteiger partial charge >= 0.3 is 6.18 Å². The zero-order chi connectivity index (χ0) is 24.0. The second-order valence-electron chi connectivity index (χ2n) is 9.74. The number of hydrogen-bond donors (Lipinski definition) is 1. The molecule has 176 valence electrons. The molecule has 0 radical (unpaired) electrons. The molecule has 7 heteroatoms. The third-order valence-corrected chi connectivity index (χ3v) is 6.49. The van der Waals surface area contributed by atoms with Gasteiger partial charge in [0.2, 0.25) is 0 Å². The highest BCUT2D eigenvalue weighted by molar-refractivity contribution is 5.82. The maximum atomic E-state index is 13.5. The van der Waals surface area contributed by atoms with Gasteiger partial charge < -0.3 is 14.6 Å². The highest BCUT2D eigenvalue weighted by Crippen LogP contribution is 2.38. The van der Waals surface area contributed by atoms with Crippen LogP contribution in [0.25, 0.3) is 11.0 Å². The lowest BCUT2D eigenvalue weighted by Crippen LogP contribution is -2.37. The minimum absolute atomic E-state index is 0.0103. The van der Waals surface area contributed by atoms with Gasteiger partial charge in [-0.2, -0.15) is 13.2 Å². The van der Waals surface area contributed by atoms with Crippen LogP contribution in [0.2, 0.25) is 0 Å². The van der Waals surface area contributed by atoms with Crippen LogP contribution < -0.4 is 15.6 Å². The van der Waals surface area contributed by atoms with Gasteiger partial charge in [-0.25, -0.2) is 0 Å². The van der Waals surface area contributed by atoms with Crippen LogP contribution in [0.3, 0.4) is 0 Å². The van der Waals surface area contributed by atoms with E-state index in [1.807, 2.05) is 13.0 Å². The minimum atomic E-state index is -4.47. The lowest BCUT2D eigenvalue weighted by atomic mass is 9.83. The molecule has 0 amide bonds. The Bertz CT molecular complexity index is 1220. The minimum Gasteiger partial charge on any atom is -0.440 e. The number of nitrogens with zero attached hydrogens (tertiary/aromatic N) is 1. The molecule has 1 atom stereocenters. The van der Waals surface area contributed by atoms with Gasteiger partial charge in [0, 0.05) is 30.4 Å². The molecule has 4 nitrogen and oxygen atoms in total. The predicted octanol–water partition coefficient (Wildman–Crippen LogP) is 6.92. The van der Waals surface area contributed by atoms with Crippen molar-refractivity contribution >= 4 is 22.5 Å². The third-order valence-electron chi connectivity index (χ3n) is 6.49. The van der Waals surface area contributed by atoms with Crippen molar-refractivity contribution in [2.24, 2.45) is 5.41 Å². The Labute approximate surface area is 191 Å². The average molecular weight is 459 g/mol. The van der Waals surface area contributed by atoms with E-state index < -0.39 is 17.8 Å².